The average molecular weight is 347 g/mol. The molecule has 0 spiro atoms. The summed E-state index contributed by atoms with van der Waals surface area (Å²) in [6.07, 6.45) is 1.32. The summed E-state index contributed by atoms with van der Waals surface area (Å²) in [4.78, 5) is 27.7. The molecule has 25 heavy (non-hydrogen) atoms. The molecule has 0 unspecified atom stereocenters. The van der Waals surface area contributed by atoms with E-state index in [9.17, 15) is 9.59 Å². The zero-order chi connectivity index (χ0) is 17.8. The summed E-state index contributed by atoms with van der Waals surface area (Å²) in [7, 11) is 0. The molecule has 0 atom stereocenters. The monoisotopic (exact) mass is 347 g/mol. The molecule has 0 aliphatic carbocycles. The van der Waals surface area contributed by atoms with Gasteiger partial charge in [0.15, 0.2) is 11.5 Å². The van der Waals surface area contributed by atoms with Crippen molar-refractivity contribution in [3.05, 3.63) is 23.8 Å². The van der Waals surface area contributed by atoms with Crippen molar-refractivity contribution in [1.29, 1.82) is 0 Å². The minimum atomic E-state index is -0.259. The Balaban J connectivity index is 1.53. The largest absolute Gasteiger partial charge is 0.454 e. The van der Waals surface area contributed by atoms with Crippen LogP contribution in [0.1, 0.15) is 25.3 Å². The summed E-state index contributed by atoms with van der Waals surface area (Å²) in [5.74, 6) is 1.27. The number of hydrogen-bond donors (Lipinski definition) is 1. The van der Waals surface area contributed by atoms with Crippen LogP contribution in [0.5, 0.6) is 11.5 Å². The number of primary amides is 1. The van der Waals surface area contributed by atoms with Gasteiger partial charge in [-0.15, -0.1) is 0 Å². The predicted molar refractivity (Wildman–Crippen MR) is 92.0 cm³/mol. The Bertz CT molecular complexity index is 641. The van der Waals surface area contributed by atoms with E-state index in [2.05, 4.69) is 4.90 Å². The molecule has 1 aromatic carbocycles. The van der Waals surface area contributed by atoms with E-state index in [0.717, 1.165) is 23.6 Å². The molecule has 2 heterocycles. The zero-order valence-electron chi connectivity index (χ0n) is 14.6. The number of hydrogen-bond acceptors (Lipinski definition) is 5. The molecular formula is C18H25N3O4. The molecule has 7 heteroatoms. The molecule has 3 rings (SSSR count). The van der Waals surface area contributed by atoms with Gasteiger partial charge in [-0.1, -0.05) is 13.0 Å². The molecule has 0 aromatic heterocycles. The van der Waals surface area contributed by atoms with Gasteiger partial charge < -0.3 is 20.1 Å². The van der Waals surface area contributed by atoms with E-state index in [1.807, 2.05) is 30.0 Å². The van der Waals surface area contributed by atoms with Gasteiger partial charge in [-0.2, -0.15) is 0 Å². The van der Waals surface area contributed by atoms with E-state index in [1.165, 1.54) is 0 Å². The number of fused-ring (bicyclic) bond motifs is 1. The second kappa shape index (κ2) is 7.74. The Morgan fingerprint density at radius 2 is 1.96 bits per heavy atom. The van der Waals surface area contributed by atoms with Gasteiger partial charge in [-0.05, 0) is 37.1 Å². The Kier molecular flexibility index (Phi) is 5.43. The second-order valence-corrected chi connectivity index (χ2v) is 6.55. The summed E-state index contributed by atoms with van der Waals surface area (Å²) in [6, 6.07) is 5.87. The van der Waals surface area contributed by atoms with Gasteiger partial charge in [0.05, 0.1) is 6.54 Å². The first-order valence-corrected chi connectivity index (χ1v) is 8.74. The highest BCUT2D eigenvalue weighted by Crippen LogP contribution is 2.32. The lowest BCUT2D eigenvalue weighted by Crippen LogP contribution is -2.45. The highest BCUT2D eigenvalue weighted by atomic mass is 16.7. The lowest BCUT2D eigenvalue weighted by atomic mass is 9.96. The molecule has 2 aliphatic heterocycles. The van der Waals surface area contributed by atoms with Gasteiger partial charge in [-0.3, -0.25) is 14.5 Å². The molecule has 1 saturated heterocycles. The normalized spacial score (nSPS) is 17.1. The van der Waals surface area contributed by atoms with Crippen molar-refractivity contribution in [1.82, 2.24) is 9.80 Å². The van der Waals surface area contributed by atoms with E-state index >= 15 is 0 Å². The van der Waals surface area contributed by atoms with Gasteiger partial charge in [-0.25, -0.2) is 0 Å². The number of rotatable bonds is 6. The predicted octanol–water partition coefficient (Wildman–Crippen LogP) is 0.961. The van der Waals surface area contributed by atoms with Crippen LogP contribution in [0.3, 0.4) is 0 Å². The number of piperidine rings is 1. The molecule has 136 valence electrons. The maximum atomic E-state index is 12.5. The first-order chi connectivity index (χ1) is 12.1. The summed E-state index contributed by atoms with van der Waals surface area (Å²) in [5.41, 5.74) is 6.44. The second-order valence-electron chi connectivity index (χ2n) is 6.55. The molecule has 2 aliphatic rings. The number of benzene rings is 1. The Labute approximate surface area is 147 Å². The average Bonchev–Trinajstić information content (AvgIpc) is 3.08. The topological polar surface area (TPSA) is 85.1 Å². The fourth-order valence-corrected chi connectivity index (χ4v) is 3.28. The Morgan fingerprint density at radius 3 is 2.64 bits per heavy atom. The fraction of sp³-hybridized carbons (Fsp3) is 0.556. The molecule has 0 saturated carbocycles. The number of nitrogens with zero attached hydrogens (tertiary/aromatic N) is 2. The molecular weight excluding hydrogens is 322 g/mol. The molecule has 0 radical (unpaired) electrons. The highest BCUT2D eigenvalue weighted by molar-refractivity contribution is 5.80. The number of carbonyl (C=O) groups excluding carboxylic acids is 2. The van der Waals surface area contributed by atoms with Gasteiger partial charge in [0.1, 0.15) is 0 Å². The molecule has 2 amide bonds. The standard InChI is InChI=1S/C18H25N3O4/c1-2-20(10-13-3-4-15-16(9-13)25-12-24-15)11-17(22)21-7-5-14(6-8-21)18(19)23/h3-4,9,14H,2,5-8,10-12H2,1H3,(H2,19,23). The van der Waals surface area contributed by atoms with Crippen LogP contribution in [0, 0.1) is 5.92 Å². The van der Waals surface area contributed by atoms with Crippen LogP contribution in [0.4, 0.5) is 0 Å². The third-order valence-corrected chi connectivity index (χ3v) is 4.90. The minimum absolute atomic E-state index is 0.0973. The van der Waals surface area contributed by atoms with Crippen LogP contribution in [0.25, 0.3) is 0 Å². The van der Waals surface area contributed by atoms with Crippen LogP contribution in [0.15, 0.2) is 18.2 Å². The SMILES string of the molecule is CCN(CC(=O)N1CCC(C(N)=O)CC1)Cc1ccc2c(c1)OCO2. The third kappa shape index (κ3) is 4.22. The quantitative estimate of drug-likeness (QED) is 0.828. The van der Waals surface area contributed by atoms with E-state index in [1.54, 1.807) is 0 Å². The van der Waals surface area contributed by atoms with Crippen LogP contribution < -0.4 is 15.2 Å². The fourth-order valence-electron chi connectivity index (χ4n) is 3.28. The summed E-state index contributed by atoms with van der Waals surface area (Å²) in [6.45, 7) is 5.33. The van der Waals surface area contributed by atoms with Crippen molar-refractivity contribution in [2.75, 3.05) is 33.0 Å². The van der Waals surface area contributed by atoms with Crippen LogP contribution in [-0.2, 0) is 16.1 Å². The smallest absolute Gasteiger partial charge is 0.236 e. The van der Waals surface area contributed by atoms with Gasteiger partial charge in [0.2, 0.25) is 18.6 Å². The minimum Gasteiger partial charge on any atom is -0.454 e. The summed E-state index contributed by atoms with van der Waals surface area (Å²) >= 11 is 0. The number of amides is 2. The number of likely N-dealkylation sites (tertiary alicyclic amines) is 1. The maximum absolute atomic E-state index is 12.5. The Morgan fingerprint density at radius 1 is 1.24 bits per heavy atom. The van der Waals surface area contributed by atoms with Crippen molar-refractivity contribution in [2.24, 2.45) is 11.7 Å². The molecule has 7 nitrogen and oxygen atoms in total. The number of ether oxygens (including phenoxy) is 2. The summed E-state index contributed by atoms with van der Waals surface area (Å²) in [5, 5.41) is 0. The van der Waals surface area contributed by atoms with Crippen molar-refractivity contribution >= 4 is 11.8 Å². The van der Waals surface area contributed by atoms with E-state index in [-0.39, 0.29) is 24.5 Å². The van der Waals surface area contributed by atoms with Crippen molar-refractivity contribution < 1.29 is 19.1 Å². The van der Waals surface area contributed by atoms with E-state index in [0.29, 0.717) is 39.0 Å². The van der Waals surface area contributed by atoms with Crippen LogP contribution >= 0.6 is 0 Å². The van der Waals surface area contributed by atoms with Crippen molar-refractivity contribution in [3.8, 4) is 11.5 Å². The maximum Gasteiger partial charge on any atom is 0.236 e. The highest BCUT2D eigenvalue weighted by Gasteiger charge is 2.26. The van der Waals surface area contributed by atoms with Gasteiger partial charge in [0.25, 0.3) is 0 Å². The number of nitrogens with two attached hydrogens (primary N) is 1. The van der Waals surface area contributed by atoms with Crippen molar-refractivity contribution in [3.63, 3.8) is 0 Å². The number of likely N-dealkylation sites (N-methyl/N-ethyl adjacent to an activating group) is 1. The lowest BCUT2D eigenvalue weighted by Gasteiger charge is -2.32. The van der Waals surface area contributed by atoms with E-state index in [4.69, 9.17) is 15.2 Å². The van der Waals surface area contributed by atoms with Crippen LogP contribution in [-0.4, -0.2) is 54.6 Å². The Hall–Kier alpha value is -2.28. The lowest BCUT2D eigenvalue weighted by molar-refractivity contribution is -0.136. The van der Waals surface area contributed by atoms with Crippen LogP contribution in [0.2, 0.25) is 0 Å². The van der Waals surface area contributed by atoms with Crippen molar-refractivity contribution in [2.45, 2.75) is 26.3 Å². The van der Waals surface area contributed by atoms with E-state index < -0.39 is 0 Å². The number of carbonyl (C=O) groups is 2. The third-order valence-electron chi connectivity index (χ3n) is 4.90. The molecule has 2 N–H and O–H groups in total. The summed E-state index contributed by atoms with van der Waals surface area (Å²) < 4.78 is 10.7. The molecule has 1 aromatic rings. The van der Waals surface area contributed by atoms with Gasteiger partial charge >= 0.3 is 0 Å². The first kappa shape index (κ1) is 17.5. The van der Waals surface area contributed by atoms with Gasteiger partial charge in [0, 0.05) is 25.6 Å². The molecule has 0 bridgehead atoms. The zero-order valence-corrected chi connectivity index (χ0v) is 14.6. The molecule has 1 fully saturated rings. The first-order valence-electron chi connectivity index (χ1n) is 8.74.